The summed E-state index contributed by atoms with van der Waals surface area (Å²) in [5, 5.41) is 7.59. The van der Waals surface area contributed by atoms with Crippen molar-refractivity contribution >= 4 is 5.84 Å². The first-order valence-corrected chi connectivity index (χ1v) is 5.05. The molecule has 82 valence electrons. The number of imidazole rings is 1. The molecule has 0 fully saturated rings. The van der Waals surface area contributed by atoms with Crippen LogP contribution in [0.2, 0.25) is 0 Å². The summed E-state index contributed by atoms with van der Waals surface area (Å²) < 4.78 is 1.93. The van der Waals surface area contributed by atoms with Crippen LogP contribution in [0, 0.1) is 19.3 Å². The van der Waals surface area contributed by atoms with E-state index in [2.05, 4.69) is 4.98 Å². The number of nitrogens with two attached hydrogens (primary N) is 1. The van der Waals surface area contributed by atoms with Crippen LogP contribution in [-0.4, -0.2) is 15.4 Å². The summed E-state index contributed by atoms with van der Waals surface area (Å²) in [7, 11) is 0. The zero-order chi connectivity index (χ0) is 11.7. The van der Waals surface area contributed by atoms with Crippen molar-refractivity contribution in [1.29, 1.82) is 5.41 Å². The second kappa shape index (κ2) is 3.81. The molecule has 1 aromatic carbocycles. The molecule has 0 unspecified atom stereocenters. The fourth-order valence-electron chi connectivity index (χ4n) is 1.71. The quantitative estimate of drug-likeness (QED) is 0.591. The van der Waals surface area contributed by atoms with Crippen molar-refractivity contribution < 1.29 is 0 Å². The van der Waals surface area contributed by atoms with Gasteiger partial charge in [-0.1, -0.05) is 11.6 Å². The highest BCUT2D eigenvalue weighted by molar-refractivity contribution is 5.98. The van der Waals surface area contributed by atoms with Crippen molar-refractivity contribution in [1.82, 2.24) is 9.55 Å². The highest BCUT2D eigenvalue weighted by Crippen LogP contribution is 2.17. The summed E-state index contributed by atoms with van der Waals surface area (Å²) in [5.41, 5.74) is 8.31. The van der Waals surface area contributed by atoms with E-state index in [0.717, 1.165) is 22.6 Å². The van der Waals surface area contributed by atoms with Gasteiger partial charge in [0.2, 0.25) is 0 Å². The number of nitrogen functional groups attached to an aromatic ring is 1. The van der Waals surface area contributed by atoms with Crippen LogP contribution in [0.3, 0.4) is 0 Å². The standard InChI is InChI=1S/C12H14N4/c1-8-3-4-11(10(7-8)12(13)14)16-6-5-15-9(16)2/h3-7H,1-2H3,(H3,13,14). The van der Waals surface area contributed by atoms with Crippen LogP contribution in [0.5, 0.6) is 0 Å². The molecule has 0 amide bonds. The number of hydrogen-bond donors (Lipinski definition) is 2. The zero-order valence-electron chi connectivity index (χ0n) is 9.36. The van der Waals surface area contributed by atoms with Gasteiger partial charge in [0.15, 0.2) is 0 Å². The van der Waals surface area contributed by atoms with Gasteiger partial charge in [0.05, 0.1) is 5.69 Å². The topological polar surface area (TPSA) is 67.7 Å². The molecule has 0 spiro atoms. The Morgan fingerprint density at radius 3 is 2.69 bits per heavy atom. The van der Waals surface area contributed by atoms with Gasteiger partial charge in [-0.25, -0.2) is 4.98 Å². The molecule has 1 aromatic heterocycles. The molecule has 0 saturated carbocycles. The van der Waals surface area contributed by atoms with Gasteiger partial charge in [-0.15, -0.1) is 0 Å². The molecule has 4 heteroatoms. The van der Waals surface area contributed by atoms with Crippen molar-refractivity contribution in [3.8, 4) is 5.69 Å². The van der Waals surface area contributed by atoms with Gasteiger partial charge in [-0.05, 0) is 26.0 Å². The maximum Gasteiger partial charge on any atom is 0.124 e. The molecule has 0 aliphatic heterocycles. The van der Waals surface area contributed by atoms with Crippen molar-refractivity contribution in [2.24, 2.45) is 5.73 Å². The van der Waals surface area contributed by atoms with Crippen LogP contribution in [0.4, 0.5) is 0 Å². The Balaban J connectivity index is 2.65. The molecule has 16 heavy (non-hydrogen) atoms. The molecule has 2 aromatic rings. The van der Waals surface area contributed by atoms with Gasteiger partial charge >= 0.3 is 0 Å². The van der Waals surface area contributed by atoms with Crippen LogP contribution in [0.15, 0.2) is 30.6 Å². The van der Waals surface area contributed by atoms with Gasteiger partial charge < -0.3 is 10.3 Å². The van der Waals surface area contributed by atoms with E-state index < -0.39 is 0 Å². The highest BCUT2D eigenvalue weighted by Gasteiger charge is 2.09. The number of nitrogens with zero attached hydrogens (tertiary/aromatic N) is 2. The average molecular weight is 214 g/mol. The zero-order valence-corrected chi connectivity index (χ0v) is 9.36. The molecule has 3 N–H and O–H groups in total. The number of hydrogen-bond acceptors (Lipinski definition) is 2. The third-order valence-electron chi connectivity index (χ3n) is 2.53. The van der Waals surface area contributed by atoms with E-state index in [1.165, 1.54) is 0 Å². The number of aromatic nitrogens is 2. The number of benzene rings is 1. The summed E-state index contributed by atoms with van der Waals surface area (Å²) in [5.74, 6) is 0.957. The lowest BCUT2D eigenvalue weighted by molar-refractivity contribution is 0.970. The largest absolute Gasteiger partial charge is 0.384 e. The third-order valence-corrected chi connectivity index (χ3v) is 2.53. The molecular formula is C12H14N4. The minimum atomic E-state index is 0.0757. The molecule has 0 atom stereocenters. The normalized spacial score (nSPS) is 10.4. The molecular weight excluding hydrogens is 200 g/mol. The van der Waals surface area contributed by atoms with E-state index in [9.17, 15) is 0 Å². The smallest absolute Gasteiger partial charge is 0.124 e. The maximum absolute atomic E-state index is 7.59. The lowest BCUT2D eigenvalue weighted by Gasteiger charge is -2.11. The predicted octanol–water partition coefficient (Wildman–Crippen LogP) is 1.77. The van der Waals surface area contributed by atoms with E-state index in [0.29, 0.717) is 0 Å². The van der Waals surface area contributed by atoms with Gasteiger partial charge in [0, 0.05) is 18.0 Å². The number of nitrogens with one attached hydrogen (secondary N) is 1. The Labute approximate surface area is 94.2 Å². The minimum absolute atomic E-state index is 0.0757. The Kier molecular flexibility index (Phi) is 2.48. The van der Waals surface area contributed by atoms with Crippen LogP contribution >= 0.6 is 0 Å². The summed E-state index contributed by atoms with van der Waals surface area (Å²) >= 11 is 0. The number of rotatable bonds is 2. The van der Waals surface area contributed by atoms with Gasteiger partial charge in [0.25, 0.3) is 0 Å². The van der Waals surface area contributed by atoms with E-state index in [4.69, 9.17) is 11.1 Å². The second-order valence-electron chi connectivity index (χ2n) is 3.78. The van der Waals surface area contributed by atoms with Crippen LogP contribution < -0.4 is 5.73 Å². The van der Waals surface area contributed by atoms with Crippen molar-refractivity contribution in [3.05, 3.63) is 47.5 Å². The molecule has 0 bridgehead atoms. The van der Waals surface area contributed by atoms with E-state index >= 15 is 0 Å². The maximum atomic E-state index is 7.59. The molecule has 0 radical (unpaired) electrons. The molecule has 2 rings (SSSR count). The third kappa shape index (κ3) is 1.69. The van der Waals surface area contributed by atoms with Gasteiger partial charge in [-0.2, -0.15) is 0 Å². The Bertz CT molecular complexity index is 540. The molecule has 4 nitrogen and oxygen atoms in total. The summed E-state index contributed by atoms with van der Waals surface area (Å²) in [6, 6.07) is 5.87. The molecule has 0 aliphatic rings. The summed E-state index contributed by atoms with van der Waals surface area (Å²) in [6.45, 7) is 3.90. The van der Waals surface area contributed by atoms with Crippen LogP contribution in [-0.2, 0) is 0 Å². The van der Waals surface area contributed by atoms with Crippen LogP contribution in [0.1, 0.15) is 17.0 Å². The monoisotopic (exact) mass is 214 g/mol. The summed E-state index contributed by atoms with van der Waals surface area (Å²) in [6.07, 6.45) is 3.60. The first-order valence-electron chi connectivity index (χ1n) is 5.05. The van der Waals surface area contributed by atoms with Crippen molar-refractivity contribution in [3.63, 3.8) is 0 Å². The SMILES string of the molecule is Cc1ccc(-n2ccnc2C)c(C(=N)N)c1. The van der Waals surface area contributed by atoms with Gasteiger partial charge in [-0.3, -0.25) is 5.41 Å². The minimum Gasteiger partial charge on any atom is -0.384 e. The lowest BCUT2D eigenvalue weighted by atomic mass is 10.1. The fraction of sp³-hybridized carbons (Fsp3) is 0.167. The van der Waals surface area contributed by atoms with Gasteiger partial charge in [0.1, 0.15) is 11.7 Å². The van der Waals surface area contributed by atoms with E-state index in [-0.39, 0.29) is 5.84 Å². The first-order chi connectivity index (χ1) is 7.59. The second-order valence-corrected chi connectivity index (χ2v) is 3.78. The van der Waals surface area contributed by atoms with Crippen molar-refractivity contribution in [2.75, 3.05) is 0 Å². The predicted molar refractivity (Wildman–Crippen MR) is 64.1 cm³/mol. The first kappa shape index (κ1) is 10.4. The Morgan fingerprint density at radius 1 is 1.38 bits per heavy atom. The molecule has 0 aliphatic carbocycles. The highest BCUT2D eigenvalue weighted by atomic mass is 15.1. The average Bonchev–Trinajstić information content (AvgIpc) is 2.64. The van der Waals surface area contributed by atoms with E-state index in [1.807, 2.05) is 42.8 Å². The fourth-order valence-corrected chi connectivity index (χ4v) is 1.71. The lowest BCUT2D eigenvalue weighted by Crippen LogP contribution is -2.15. The number of aryl methyl sites for hydroxylation is 2. The number of amidine groups is 1. The Hall–Kier alpha value is -2.10. The van der Waals surface area contributed by atoms with Crippen LogP contribution in [0.25, 0.3) is 5.69 Å². The van der Waals surface area contributed by atoms with Crippen molar-refractivity contribution in [2.45, 2.75) is 13.8 Å². The summed E-state index contributed by atoms with van der Waals surface area (Å²) in [4.78, 5) is 4.17. The molecule has 1 heterocycles. The van der Waals surface area contributed by atoms with E-state index in [1.54, 1.807) is 6.20 Å². The Morgan fingerprint density at radius 2 is 2.12 bits per heavy atom. The molecule has 0 saturated heterocycles.